The van der Waals surface area contributed by atoms with Gasteiger partial charge in [-0.05, 0) is 74.9 Å². The summed E-state index contributed by atoms with van der Waals surface area (Å²) in [5.74, 6) is 0.0370. The zero-order chi connectivity index (χ0) is 32.6. The highest BCUT2D eigenvalue weighted by atomic mass is 79.9. The Kier molecular flexibility index (Phi) is 15.1. The van der Waals surface area contributed by atoms with E-state index in [0.29, 0.717) is 48.4 Å². The zero-order valence-electron chi connectivity index (χ0n) is 25.5. The number of ether oxygens (including phenoxy) is 3. The third-order valence-corrected chi connectivity index (χ3v) is 7.17. The van der Waals surface area contributed by atoms with Gasteiger partial charge in [-0.2, -0.15) is 0 Å². The van der Waals surface area contributed by atoms with Crippen molar-refractivity contribution in [3.05, 3.63) is 134 Å². The lowest BCUT2D eigenvalue weighted by atomic mass is 10.0. The van der Waals surface area contributed by atoms with Crippen molar-refractivity contribution >= 4 is 54.2 Å². The van der Waals surface area contributed by atoms with Crippen molar-refractivity contribution in [1.82, 2.24) is 9.55 Å². The number of hydrogen-bond acceptors (Lipinski definition) is 7. The number of rotatable bonds is 10. The molecule has 4 aromatic carbocycles. The molecule has 8 nitrogen and oxygen atoms in total. The van der Waals surface area contributed by atoms with E-state index in [2.05, 4.69) is 36.8 Å². The predicted octanol–water partition coefficient (Wildman–Crippen LogP) is 7.98. The van der Waals surface area contributed by atoms with Gasteiger partial charge >= 0.3 is 0 Å². The van der Waals surface area contributed by atoms with Gasteiger partial charge in [0.1, 0.15) is 6.33 Å². The molecule has 10 heteroatoms. The number of anilines is 1. The van der Waals surface area contributed by atoms with Crippen molar-refractivity contribution in [2.45, 2.75) is 33.7 Å². The summed E-state index contributed by atoms with van der Waals surface area (Å²) in [4.78, 5) is 28.8. The summed E-state index contributed by atoms with van der Waals surface area (Å²) in [6, 6.07) is 30.0. The first-order valence-electron chi connectivity index (χ1n) is 14.5. The lowest BCUT2D eigenvalue weighted by molar-refractivity contribution is -0.282. The molecule has 0 saturated carbocycles. The smallest absolute Gasteiger partial charge is 0.271 e. The van der Waals surface area contributed by atoms with Crippen LogP contribution in [-0.4, -0.2) is 41.6 Å². The molecule has 45 heavy (non-hydrogen) atoms. The normalized spacial score (nSPS) is 10.5. The van der Waals surface area contributed by atoms with Crippen molar-refractivity contribution in [2.24, 2.45) is 0 Å². The summed E-state index contributed by atoms with van der Waals surface area (Å²) in [6.07, 6.45) is 1.94. The predicted molar refractivity (Wildman–Crippen MR) is 187 cm³/mol. The summed E-state index contributed by atoms with van der Waals surface area (Å²) in [6.45, 7) is 7.10. The van der Waals surface area contributed by atoms with Crippen LogP contribution >= 0.6 is 31.9 Å². The number of nitrogen functional groups attached to an aromatic ring is 1. The average molecular weight is 740 g/mol. The maximum atomic E-state index is 12.4. The lowest BCUT2D eigenvalue weighted by Crippen LogP contribution is -2.20. The summed E-state index contributed by atoms with van der Waals surface area (Å²) < 4.78 is 18.5. The fourth-order valence-corrected chi connectivity index (χ4v) is 4.79. The first-order chi connectivity index (χ1) is 21.8. The monoisotopic (exact) mass is 737 g/mol. The number of hydrogen-bond donors (Lipinski definition) is 1. The minimum Gasteiger partial charge on any atom is -0.398 e. The van der Waals surface area contributed by atoms with Crippen molar-refractivity contribution in [2.75, 3.05) is 25.6 Å². The molecule has 0 unspecified atom stereocenters. The van der Waals surface area contributed by atoms with Crippen molar-refractivity contribution in [3.8, 4) is 5.69 Å². The number of aromatic nitrogens is 2. The molecular weight excluding hydrogens is 702 g/mol. The van der Waals surface area contributed by atoms with Gasteiger partial charge in [0.05, 0.1) is 16.6 Å². The molecule has 0 amide bonds. The largest absolute Gasteiger partial charge is 0.398 e. The van der Waals surface area contributed by atoms with Crippen LogP contribution < -0.4 is 11.3 Å². The van der Waals surface area contributed by atoms with E-state index in [-0.39, 0.29) is 11.3 Å². The Bertz CT molecular complexity index is 1680. The Morgan fingerprint density at radius 1 is 0.800 bits per heavy atom. The minimum atomic E-state index is -0.472. The van der Waals surface area contributed by atoms with Crippen molar-refractivity contribution < 1.29 is 19.0 Å². The number of nitrogens with zero attached hydrogens (tertiary/aromatic N) is 2. The standard InChI is InChI=1S/C14H9BrN2O.C14H12BrNO.C7H16O3/c15-10-6-7-13-12(8-10)14(18)17(9-16-13)11-4-2-1-3-5-11;15-11-6-7-13(16)12(9-11)14(17)8-10-4-2-1-3-5-10;1-4-8-7(9-5-2)10-6-3/h1-9H;1-7,9H,8,16H2;7H,4-6H2,1-3H3. The van der Waals surface area contributed by atoms with E-state index in [4.69, 9.17) is 19.9 Å². The molecule has 1 heterocycles. The molecule has 0 aliphatic rings. The fourth-order valence-electron chi connectivity index (χ4n) is 4.07. The molecule has 0 spiro atoms. The molecule has 5 aromatic rings. The van der Waals surface area contributed by atoms with E-state index in [9.17, 15) is 9.59 Å². The Balaban J connectivity index is 0.000000193. The Morgan fingerprint density at radius 3 is 1.96 bits per heavy atom. The first kappa shape index (κ1) is 35.8. The summed E-state index contributed by atoms with van der Waals surface area (Å²) in [7, 11) is 0. The van der Waals surface area contributed by atoms with E-state index in [1.807, 2.05) is 99.6 Å². The number of halogens is 2. The molecule has 0 aliphatic carbocycles. The van der Waals surface area contributed by atoms with E-state index in [0.717, 1.165) is 20.2 Å². The van der Waals surface area contributed by atoms with Crippen LogP contribution in [0.2, 0.25) is 0 Å². The Morgan fingerprint density at radius 2 is 1.36 bits per heavy atom. The molecule has 236 valence electrons. The number of carbonyl (C=O) groups excluding carboxylic acids is 1. The third kappa shape index (κ3) is 11.3. The number of Topliss-reactive ketones (excluding diaryl/α,β-unsaturated/α-hetero) is 1. The van der Waals surface area contributed by atoms with Crippen LogP contribution in [0.15, 0.2) is 117 Å². The number of fused-ring (bicyclic) bond motifs is 1. The van der Waals surface area contributed by atoms with Gasteiger partial charge in [-0.25, -0.2) is 4.98 Å². The molecule has 0 fully saturated rings. The zero-order valence-corrected chi connectivity index (χ0v) is 28.7. The van der Waals surface area contributed by atoms with Gasteiger partial charge in [0, 0.05) is 46.4 Å². The summed E-state index contributed by atoms with van der Waals surface area (Å²) >= 11 is 6.71. The minimum absolute atomic E-state index is 0.0370. The van der Waals surface area contributed by atoms with Gasteiger partial charge in [0.15, 0.2) is 5.78 Å². The van der Waals surface area contributed by atoms with Gasteiger partial charge in [-0.3, -0.25) is 14.2 Å². The Hall–Kier alpha value is -3.67. The van der Waals surface area contributed by atoms with Gasteiger partial charge in [0.2, 0.25) is 0 Å². The topological polar surface area (TPSA) is 106 Å². The van der Waals surface area contributed by atoms with Gasteiger partial charge in [-0.1, -0.05) is 80.4 Å². The third-order valence-electron chi connectivity index (χ3n) is 6.19. The van der Waals surface area contributed by atoms with Crippen LogP contribution in [0, 0.1) is 0 Å². The number of para-hydroxylation sites is 1. The van der Waals surface area contributed by atoms with Crippen LogP contribution in [0.3, 0.4) is 0 Å². The Labute approximate surface area is 280 Å². The highest BCUT2D eigenvalue weighted by Gasteiger charge is 2.11. The van der Waals surface area contributed by atoms with E-state index < -0.39 is 6.48 Å². The van der Waals surface area contributed by atoms with Crippen LogP contribution in [0.4, 0.5) is 5.69 Å². The maximum absolute atomic E-state index is 12.4. The average Bonchev–Trinajstić information content (AvgIpc) is 3.04. The number of carbonyl (C=O) groups is 1. The quantitative estimate of drug-likeness (QED) is 0.0880. The summed E-state index contributed by atoms with van der Waals surface area (Å²) in [5.41, 5.74) is 9.35. The van der Waals surface area contributed by atoms with E-state index in [1.165, 1.54) is 0 Å². The number of nitrogens with two attached hydrogens (primary N) is 1. The highest BCUT2D eigenvalue weighted by Crippen LogP contribution is 2.20. The van der Waals surface area contributed by atoms with Crippen LogP contribution in [0.1, 0.15) is 36.7 Å². The molecular formula is C35H37Br2N3O5. The molecule has 0 aliphatic heterocycles. The fraction of sp³-hybridized carbons (Fsp3) is 0.229. The molecule has 2 N–H and O–H groups in total. The van der Waals surface area contributed by atoms with Crippen LogP contribution in [0.5, 0.6) is 0 Å². The van der Waals surface area contributed by atoms with Crippen molar-refractivity contribution in [1.29, 1.82) is 0 Å². The van der Waals surface area contributed by atoms with E-state index in [1.54, 1.807) is 29.1 Å². The van der Waals surface area contributed by atoms with Crippen molar-refractivity contribution in [3.63, 3.8) is 0 Å². The van der Waals surface area contributed by atoms with Gasteiger partial charge in [-0.15, -0.1) is 0 Å². The van der Waals surface area contributed by atoms with Crippen LogP contribution in [0.25, 0.3) is 16.6 Å². The SMILES string of the molecule is CCOC(OCC)OCC.Nc1ccc(Br)cc1C(=O)Cc1ccccc1.O=c1c2cc(Br)ccc2ncn1-c1ccccc1. The summed E-state index contributed by atoms with van der Waals surface area (Å²) in [5, 5.41) is 0.607. The second kappa shape index (κ2) is 19.0. The molecule has 0 atom stereocenters. The molecule has 0 bridgehead atoms. The second-order valence-electron chi connectivity index (χ2n) is 9.39. The van der Waals surface area contributed by atoms with Crippen LogP contribution in [-0.2, 0) is 20.6 Å². The van der Waals surface area contributed by atoms with Gasteiger partial charge < -0.3 is 19.9 Å². The molecule has 0 saturated heterocycles. The highest BCUT2D eigenvalue weighted by molar-refractivity contribution is 9.10. The number of benzene rings is 4. The molecule has 5 rings (SSSR count). The van der Waals surface area contributed by atoms with Gasteiger partial charge in [0.25, 0.3) is 12.0 Å². The number of ketones is 1. The lowest BCUT2D eigenvalue weighted by Gasteiger charge is -2.15. The van der Waals surface area contributed by atoms with E-state index >= 15 is 0 Å². The molecule has 0 radical (unpaired) electrons. The molecule has 1 aromatic heterocycles. The second-order valence-corrected chi connectivity index (χ2v) is 11.2. The maximum Gasteiger partial charge on any atom is 0.271 e. The first-order valence-corrected chi connectivity index (χ1v) is 16.0.